The minimum Gasteiger partial charge on any atom is -0.484 e. The van der Waals surface area contributed by atoms with Gasteiger partial charge in [0.05, 0.1) is 21.8 Å². The molecule has 9 heteroatoms. The maximum absolute atomic E-state index is 12.2. The molecule has 3 aromatic rings. The quantitative estimate of drug-likeness (QED) is 0.733. The van der Waals surface area contributed by atoms with Crippen molar-refractivity contribution < 1.29 is 22.7 Å². The van der Waals surface area contributed by atoms with Gasteiger partial charge >= 0.3 is 6.18 Å². The Morgan fingerprint density at radius 1 is 1.27 bits per heavy atom. The SMILES string of the molecule is N#Cc1cccc(C(=O)Nc2nc3ccc(OCC(F)(F)F)cc3s2)c1. The van der Waals surface area contributed by atoms with Crippen molar-refractivity contribution in [1.29, 1.82) is 5.26 Å². The third-order valence-corrected chi connectivity index (χ3v) is 4.17. The predicted molar refractivity (Wildman–Crippen MR) is 90.3 cm³/mol. The summed E-state index contributed by atoms with van der Waals surface area (Å²) in [5.74, 6) is -0.368. The average molecular weight is 377 g/mol. The summed E-state index contributed by atoms with van der Waals surface area (Å²) >= 11 is 1.11. The van der Waals surface area contributed by atoms with E-state index in [1.54, 1.807) is 18.2 Å². The lowest BCUT2D eigenvalue weighted by atomic mass is 10.1. The standard InChI is InChI=1S/C17H10F3N3O2S/c18-17(19,20)9-25-12-4-5-13-14(7-12)26-16(22-13)23-15(24)11-3-1-2-10(6-11)8-21/h1-7H,9H2,(H,22,23,24). The predicted octanol–water partition coefficient (Wildman–Crippen LogP) is 4.36. The van der Waals surface area contributed by atoms with Crippen LogP contribution in [0.3, 0.4) is 0 Å². The summed E-state index contributed by atoms with van der Waals surface area (Å²) in [4.78, 5) is 16.4. The van der Waals surface area contributed by atoms with Gasteiger partial charge in [-0.2, -0.15) is 18.4 Å². The molecular weight excluding hydrogens is 367 g/mol. The number of aromatic nitrogens is 1. The average Bonchev–Trinajstić information content (AvgIpc) is 3.00. The zero-order valence-electron chi connectivity index (χ0n) is 13.0. The Hall–Kier alpha value is -3.12. The summed E-state index contributed by atoms with van der Waals surface area (Å²) < 4.78 is 41.9. The summed E-state index contributed by atoms with van der Waals surface area (Å²) in [6.45, 7) is -1.38. The molecule has 26 heavy (non-hydrogen) atoms. The van der Waals surface area contributed by atoms with E-state index in [2.05, 4.69) is 10.3 Å². The molecule has 1 N–H and O–H groups in total. The van der Waals surface area contributed by atoms with Crippen molar-refractivity contribution in [2.24, 2.45) is 0 Å². The molecular formula is C17H10F3N3O2S. The molecule has 0 saturated carbocycles. The van der Waals surface area contributed by atoms with Crippen molar-refractivity contribution in [3.8, 4) is 11.8 Å². The Balaban J connectivity index is 1.76. The topological polar surface area (TPSA) is 75.0 Å². The van der Waals surface area contributed by atoms with Crippen LogP contribution in [-0.2, 0) is 0 Å². The molecule has 0 aliphatic rings. The second-order valence-corrected chi connectivity index (χ2v) is 6.23. The van der Waals surface area contributed by atoms with Gasteiger partial charge in [-0.05, 0) is 36.4 Å². The number of anilines is 1. The maximum Gasteiger partial charge on any atom is 0.422 e. The minimum absolute atomic E-state index is 0.0677. The molecule has 5 nitrogen and oxygen atoms in total. The van der Waals surface area contributed by atoms with Crippen LogP contribution in [-0.4, -0.2) is 23.7 Å². The van der Waals surface area contributed by atoms with E-state index in [0.29, 0.717) is 26.5 Å². The molecule has 0 radical (unpaired) electrons. The van der Waals surface area contributed by atoms with Crippen LogP contribution in [0.1, 0.15) is 15.9 Å². The van der Waals surface area contributed by atoms with Crippen LogP contribution in [0.15, 0.2) is 42.5 Å². The molecule has 1 aromatic heterocycles. The van der Waals surface area contributed by atoms with E-state index in [9.17, 15) is 18.0 Å². The van der Waals surface area contributed by atoms with Gasteiger partial charge in [0.15, 0.2) is 11.7 Å². The van der Waals surface area contributed by atoms with Gasteiger partial charge in [-0.3, -0.25) is 10.1 Å². The van der Waals surface area contributed by atoms with Gasteiger partial charge in [-0.25, -0.2) is 4.98 Å². The number of hydrogen-bond acceptors (Lipinski definition) is 5. The molecule has 0 aliphatic heterocycles. The van der Waals surface area contributed by atoms with E-state index in [0.717, 1.165) is 11.3 Å². The number of nitrogens with one attached hydrogen (secondary N) is 1. The number of benzene rings is 2. The Morgan fingerprint density at radius 3 is 2.81 bits per heavy atom. The highest BCUT2D eigenvalue weighted by Crippen LogP contribution is 2.30. The third-order valence-electron chi connectivity index (χ3n) is 3.24. The van der Waals surface area contributed by atoms with Crippen molar-refractivity contribution in [1.82, 2.24) is 4.98 Å². The van der Waals surface area contributed by atoms with E-state index in [4.69, 9.17) is 10.00 Å². The Kier molecular flexibility index (Phi) is 4.77. The zero-order chi connectivity index (χ0) is 18.7. The Labute approximate surface area is 149 Å². The van der Waals surface area contributed by atoms with Gasteiger partial charge in [-0.15, -0.1) is 0 Å². The molecule has 1 heterocycles. The summed E-state index contributed by atoms with van der Waals surface area (Å²) in [5, 5.41) is 11.8. The lowest BCUT2D eigenvalue weighted by Crippen LogP contribution is -2.19. The normalized spacial score (nSPS) is 11.2. The van der Waals surface area contributed by atoms with Gasteiger partial charge in [0.1, 0.15) is 5.75 Å². The number of amides is 1. The highest BCUT2D eigenvalue weighted by Gasteiger charge is 2.28. The second-order valence-electron chi connectivity index (χ2n) is 5.20. The van der Waals surface area contributed by atoms with E-state index in [1.165, 1.54) is 24.3 Å². The van der Waals surface area contributed by atoms with Gasteiger partial charge in [0.25, 0.3) is 5.91 Å². The molecule has 132 valence electrons. The van der Waals surface area contributed by atoms with Crippen LogP contribution in [0.4, 0.5) is 18.3 Å². The first-order chi connectivity index (χ1) is 12.3. The number of carbonyl (C=O) groups is 1. The van der Waals surface area contributed by atoms with Gasteiger partial charge in [0, 0.05) is 5.56 Å². The molecule has 0 aliphatic carbocycles. The largest absolute Gasteiger partial charge is 0.484 e. The number of alkyl halides is 3. The smallest absolute Gasteiger partial charge is 0.422 e. The van der Waals surface area contributed by atoms with Crippen LogP contribution in [0.5, 0.6) is 5.75 Å². The lowest BCUT2D eigenvalue weighted by Gasteiger charge is -2.08. The van der Waals surface area contributed by atoms with Gasteiger partial charge < -0.3 is 4.74 Å². The molecule has 2 aromatic carbocycles. The van der Waals surface area contributed by atoms with Crippen molar-refractivity contribution in [2.45, 2.75) is 6.18 Å². The van der Waals surface area contributed by atoms with Crippen molar-refractivity contribution in [2.75, 3.05) is 11.9 Å². The summed E-state index contributed by atoms with van der Waals surface area (Å²) in [6, 6.07) is 12.5. The summed E-state index contributed by atoms with van der Waals surface area (Å²) in [7, 11) is 0. The van der Waals surface area contributed by atoms with E-state index in [1.807, 2.05) is 6.07 Å². The monoisotopic (exact) mass is 377 g/mol. The van der Waals surface area contributed by atoms with Crippen molar-refractivity contribution >= 4 is 32.6 Å². The van der Waals surface area contributed by atoms with Gasteiger partial charge in [-0.1, -0.05) is 17.4 Å². The highest BCUT2D eigenvalue weighted by molar-refractivity contribution is 7.22. The van der Waals surface area contributed by atoms with Crippen LogP contribution in [0.2, 0.25) is 0 Å². The zero-order valence-corrected chi connectivity index (χ0v) is 13.8. The molecule has 1 amide bonds. The molecule has 3 rings (SSSR count). The van der Waals surface area contributed by atoms with Crippen LogP contribution in [0.25, 0.3) is 10.2 Å². The summed E-state index contributed by atoms with van der Waals surface area (Å²) in [5.41, 5.74) is 1.18. The number of fused-ring (bicyclic) bond motifs is 1. The lowest BCUT2D eigenvalue weighted by molar-refractivity contribution is -0.153. The number of nitrogens with zero attached hydrogens (tertiary/aromatic N) is 2. The number of carbonyl (C=O) groups excluding carboxylic acids is 1. The first-order valence-electron chi connectivity index (χ1n) is 7.26. The number of rotatable bonds is 4. The minimum atomic E-state index is -4.42. The fourth-order valence-corrected chi connectivity index (χ4v) is 3.00. The number of nitriles is 1. The molecule has 0 unspecified atom stereocenters. The Bertz CT molecular complexity index is 1010. The highest BCUT2D eigenvalue weighted by atomic mass is 32.1. The number of halogens is 3. The van der Waals surface area contributed by atoms with Crippen molar-refractivity contribution in [3.05, 3.63) is 53.6 Å². The first kappa shape index (κ1) is 17.7. The van der Waals surface area contributed by atoms with Crippen LogP contribution in [0, 0.1) is 11.3 Å². The fraction of sp³-hybridized carbons (Fsp3) is 0.118. The maximum atomic E-state index is 12.2. The molecule has 0 fully saturated rings. The van der Waals surface area contributed by atoms with E-state index >= 15 is 0 Å². The molecule has 0 bridgehead atoms. The third kappa shape index (κ3) is 4.29. The first-order valence-corrected chi connectivity index (χ1v) is 8.07. The number of ether oxygens (including phenoxy) is 1. The number of hydrogen-bond donors (Lipinski definition) is 1. The fourth-order valence-electron chi connectivity index (χ4n) is 2.11. The van der Waals surface area contributed by atoms with Crippen molar-refractivity contribution in [3.63, 3.8) is 0 Å². The van der Waals surface area contributed by atoms with E-state index in [-0.39, 0.29) is 5.75 Å². The molecule has 0 saturated heterocycles. The second kappa shape index (κ2) is 7.01. The van der Waals surface area contributed by atoms with Crippen LogP contribution < -0.4 is 10.1 Å². The molecule has 0 spiro atoms. The van der Waals surface area contributed by atoms with E-state index < -0.39 is 18.7 Å². The number of thiazole rings is 1. The summed E-state index contributed by atoms with van der Waals surface area (Å²) in [6.07, 6.45) is -4.42. The van der Waals surface area contributed by atoms with Gasteiger partial charge in [0.2, 0.25) is 0 Å². The Morgan fingerprint density at radius 2 is 2.08 bits per heavy atom. The van der Waals surface area contributed by atoms with Crippen LogP contribution >= 0.6 is 11.3 Å². The molecule has 0 atom stereocenters.